The summed E-state index contributed by atoms with van der Waals surface area (Å²) in [4.78, 5) is 28.0. The fourth-order valence-electron chi connectivity index (χ4n) is 1.88. The van der Waals surface area contributed by atoms with Crippen molar-refractivity contribution in [1.82, 2.24) is 10.3 Å². The van der Waals surface area contributed by atoms with Crippen LogP contribution in [-0.4, -0.2) is 28.5 Å². The van der Waals surface area contributed by atoms with Gasteiger partial charge in [-0.15, -0.1) is 11.3 Å². The average molecular weight is 284 g/mol. The van der Waals surface area contributed by atoms with E-state index in [-0.39, 0.29) is 18.4 Å². The zero-order valence-electron chi connectivity index (χ0n) is 11.7. The highest BCUT2D eigenvalue weighted by Gasteiger charge is 2.21. The number of hydrogen-bond acceptors (Lipinski definition) is 4. The fourth-order valence-corrected chi connectivity index (χ4v) is 2.69. The predicted octanol–water partition coefficient (Wildman–Crippen LogP) is 2.24. The van der Waals surface area contributed by atoms with Gasteiger partial charge in [0.25, 0.3) is 5.91 Å². The van der Waals surface area contributed by atoms with Crippen molar-refractivity contribution in [1.29, 1.82) is 0 Å². The molecule has 1 aromatic heterocycles. The molecule has 0 fully saturated rings. The summed E-state index contributed by atoms with van der Waals surface area (Å²) in [5, 5.41) is 12.6. The molecule has 1 aromatic rings. The van der Waals surface area contributed by atoms with Crippen molar-refractivity contribution in [2.45, 2.75) is 34.1 Å². The van der Waals surface area contributed by atoms with Gasteiger partial charge in [0.05, 0.1) is 10.9 Å². The van der Waals surface area contributed by atoms with E-state index in [4.69, 9.17) is 5.11 Å². The smallest absolute Gasteiger partial charge is 0.308 e. The number of thiazole rings is 1. The Bertz CT molecular complexity index is 468. The molecule has 106 valence electrons. The highest BCUT2D eigenvalue weighted by molar-refractivity contribution is 7.11. The normalized spacial score (nSPS) is 12.5. The molecular formula is C13H20N2O3S. The van der Waals surface area contributed by atoms with Crippen molar-refractivity contribution >= 4 is 23.2 Å². The Hall–Kier alpha value is -1.43. The first-order valence-corrected chi connectivity index (χ1v) is 7.08. The zero-order valence-corrected chi connectivity index (χ0v) is 12.5. The van der Waals surface area contributed by atoms with Crippen LogP contribution < -0.4 is 5.32 Å². The standard InChI is InChI=1S/C13H20N2O3S/c1-7(2)5-10(13(17)18)6-14-12(16)11-8(3)19-9(4)15-11/h7,10H,5-6H2,1-4H3,(H,14,16)(H,17,18). The second-order valence-electron chi connectivity index (χ2n) is 5.01. The molecule has 6 heteroatoms. The summed E-state index contributed by atoms with van der Waals surface area (Å²) in [6.45, 7) is 7.75. The van der Waals surface area contributed by atoms with Crippen LogP contribution in [0.5, 0.6) is 0 Å². The van der Waals surface area contributed by atoms with E-state index < -0.39 is 11.9 Å². The summed E-state index contributed by atoms with van der Waals surface area (Å²) in [5.74, 6) is -1.44. The molecule has 0 aliphatic carbocycles. The van der Waals surface area contributed by atoms with Crippen molar-refractivity contribution in [2.24, 2.45) is 11.8 Å². The second-order valence-corrected chi connectivity index (χ2v) is 6.42. The van der Waals surface area contributed by atoms with Crippen molar-refractivity contribution < 1.29 is 14.7 Å². The topological polar surface area (TPSA) is 79.3 Å². The lowest BCUT2D eigenvalue weighted by Gasteiger charge is -2.15. The highest BCUT2D eigenvalue weighted by atomic mass is 32.1. The third-order valence-corrected chi connectivity index (χ3v) is 3.62. The van der Waals surface area contributed by atoms with Crippen LogP contribution in [-0.2, 0) is 4.79 Å². The number of rotatable bonds is 6. The van der Waals surface area contributed by atoms with E-state index in [2.05, 4.69) is 10.3 Å². The lowest BCUT2D eigenvalue weighted by atomic mass is 9.97. The molecule has 1 rings (SSSR count). The number of carbonyl (C=O) groups excluding carboxylic acids is 1. The summed E-state index contributed by atoms with van der Waals surface area (Å²) in [7, 11) is 0. The maximum Gasteiger partial charge on any atom is 0.308 e. The van der Waals surface area contributed by atoms with E-state index in [0.717, 1.165) is 9.88 Å². The summed E-state index contributed by atoms with van der Waals surface area (Å²) in [6, 6.07) is 0. The zero-order chi connectivity index (χ0) is 14.6. The molecule has 0 radical (unpaired) electrons. The Balaban J connectivity index is 2.62. The minimum Gasteiger partial charge on any atom is -0.481 e. The molecule has 0 aliphatic rings. The first kappa shape index (κ1) is 15.6. The molecule has 0 bridgehead atoms. The van der Waals surface area contributed by atoms with Crippen LogP contribution in [0.1, 0.15) is 40.6 Å². The minimum absolute atomic E-state index is 0.141. The predicted molar refractivity (Wildman–Crippen MR) is 74.5 cm³/mol. The number of hydrogen-bond donors (Lipinski definition) is 2. The molecule has 0 aliphatic heterocycles. The summed E-state index contributed by atoms with van der Waals surface area (Å²) >= 11 is 1.46. The van der Waals surface area contributed by atoms with Gasteiger partial charge in [-0.2, -0.15) is 0 Å². The Morgan fingerprint density at radius 3 is 2.42 bits per heavy atom. The Morgan fingerprint density at radius 1 is 1.37 bits per heavy atom. The van der Waals surface area contributed by atoms with Crippen LogP contribution >= 0.6 is 11.3 Å². The molecule has 0 saturated heterocycles. The lowest BCUT2D eigenvalue weighted by Crippen LogP contribution is -2.34. The fraction of sp³-hybridized carbons (Fsp3) is 0.615. The van der Waals surface area contributed by atoms with Crippen molar-refractivity contribution in [3.8, 4) is 0 Å². The molecule has 19 heavy (non-hydrogen) atoms. The lowest BCUT2D eigenvalue weighted by molar-refractivity contribution is -0.142. The van der Waals surface area contributed by atoms with Crippen LogP contribution in [0.2, 0.25) is 0 Å². The number of aliphatic carboxylic acids is 1. The van der Waals surface area contributed by atoms with Gasteiger partial charge < -0.3 is 10.4 Å². The number of carboxylic acid groups (broad SMARTS) is 1. The highest BCUT2D eigenvalue weighted by Crippen LogP contribution is 2.16. The number of carbonyl (C=O) groups is 2. The molecule has 5 nitrogen and oxygen atoms in total. The van der Waals surface area contributed by atoms with Gasteiger partial charge >= 0.3 is 5.97 Å². The summed E-state index contributed by atoms with van der Waals surface area (Å²) in [6.07, 6.45) is 0.546. The third kappa shape index (κ3) is 4.63. The Morgan fingerprint density at radius 2 is 2.00 bits per heavy atom. The summed E-state index contributed by atoms with van der Waals surface area (Å²) < 4.78 is 0. The van der Waals surface area contributed by atoms with Crippen LogP contribution in [0.25, 0.3) is 0 Å². The number of nitrogens with one attached hydrogen (secondary N) is 1. The van der Waals surface area contributed by atoms with Crippen LogP contribution in [0, 0.1) is 25.7 Å². The molecular weight excluding hydrogens is 264 g/mol. The molecule has 1 heterocycles. The molecule has 0 saturated carbocycles. The molecule has 1 amide bonds. The second kappa shape index (κ2) is 6.65. The van der Waals surface area contributed by atoms with Gasteiger partial charge in [0.2, 0.25) is 0 Å². The van der Waals surface area contributed by atoms with Gasteiger partial charge in [-0.05, 0) is 26.2 Å². The van der Waals surface area contributed by atoms with E-state index in [1.807, 2.05) is 27.7 Å². The number of aryl methyl sites for hydroxylation is 2. The first-order valence-electron chi connectivity index (χ1n) is 6.26. The van der Waals surface area contributed by atoms with Crippen LogP contribution in [0.3, 0.4) is 0 Å². The maximum absolute atomic E-state index is 11.9. The molecule has 0 spiro atoms. The number of nitrogens with zero attached hydrogens (tertiary/aromatic N) is 1. The monoisotopic (exact) mass is 284 g/mol. The van der Waals surface area contributed by atoms with E-state index in [0.29, 0.717) is 12.1 Å². The van der Waals surface area contributed by atoms with Crippen molar-refractivity contribution in [2.75, 3.05) is 6.54 Å². The van der Waals surface area contributed by atoms with Gasteiger partial charge in [-0.1, -0.05) is 13.8 Å². The van der Waals surface area contributed by atoms with Crippen molar-refractivity contribution in [3.63, 3.8) is 0 Å². The van der Waals surface area contributed by atoms with E-state index >= 15 is 0 Å². The van der Waals surface area contributed by atoms with Gasteiger partial charge in [0.15, 0.2) is 0 Å². The molecule has 1 atom stereocenters. The molecule has 0 aromatic carbocycles. The van der Waals surface area contributed by atoms with Crippen LogP contribution in [0.4, 0.5) is 0 Å². The van der Waals surface area contributed by atoms with E-state index in [1.54, 1.807) is 0 Å². The quantitative estimate of drug-likeness (QED) is 0.839. The van der Waals surface area contributed by atoms with Gasteiger partial charge in [0, 0.05) is 11.4 Å². The average Bonchev–Trinajstić information content (AvgIpc) is 2.62. The number of carboxylic acids is 1. The Kier molecular flexibility index (Phi) is 5.47. The van der Waals surface area contributed by atoms with Gasteiger partial charge in [0.1, 0.15) is 5.69 Å². The van der Waals surface area contributed by atoms with E-state index in [9.17, 15) is 9.59 Å². The first-order chi connectivity index (χ1) is 8.81. The largest absolute Gasteiger partial charge is 0.481 e. The Labute approximate surface area is 117 Å². The minimum atomic E-state index is -0.875. The molecule has 1 unspecified atom stereocenters. The van der Waals surface area contributed by atoms with Gasteiger partial charge in [-0.25, -0.2) is 4.98 Å². The van der Waals surface area contributed by atoms with Crippen molar-refractivity contribution in [3.05, 3.63) is 15.6 Å². The third-order valence-electron chi connectivity index (χ3n) is 2.73. The van der Waals surface area contributed by atoms with Crippen LogP contribution in [0.15, 0.2) is 0 Å². The maximum atomic E-state index is 11.9. The number of amides is 1. The SMILES string of the molecule is Cc1nc(C(=O)NCC(CC(C)C)C(=O)O)c(C)s1. The van der Waals surface area contributed by atoms with Gasteiger partial charge in [-0.3, -0.25) is 9.59 Å². The summed E-state index contributed by atoms with van der Waals surface area (Å²) in [5.41, 5.74) is 0.399. The number of aromatic nitrogens is 1. The van der Waals surface area contributed by atoms with E-state index in [1.165, 1.54) is 11.3 Å². The molecule has 2 N–H and O–H groups in total.